The van der Waals surface area contributed by atoms with E-state index < -0.39 is 5.82 Å². The smallest absolute Gasteiger partial charge is 0.245 e. The van der Waals surface area contributed by atoms with Gasteiger partial charge in [0.2, 0.25) is 5.91 Å². The summed E-state index contributed by atoms with van der Waals surface area (Å²) in [5, 5.41) is 0.0276. The summed E-state index contributed by atoms with van der Waals surface area (Å²) in [5.74, 6) is -0.138. The molecule has 0 aliphatic carbocycles. The quantitative estimate of drug-likeness (QED) is 0.397. The largest absolute Gasteiger partial charge is 0.489 e. The molecule has 1 amide bonds. The minimum atomic E-state index is -0.490. The van der Waals surface area contributed by atoms with Gasteiger partial charge >= 0.3 is 0 Å². The number of rotatable bonds is 7. The number of likely N-dealkylation sites (N-methyl/N-ethyl adjacent to an activating group) is 1. The number of aromatic nitrogens is 3. The number of hydrogen-bond donors (Lipinski definition) is 1. The maximum Gasteiger partial charge on any atom is 0.245 e. The molecule has 32 heavy (non-hydrogen) atoms. The Kier molecular flexibility index (Phi) is 6.18. The molecule has 0 saturated carbocycles. The van der Waals surface area contributed by atoms with E-state index in [1.807, 2.05) is 18.2 Å². The molecule has 0 bridgehead atoms. The summed E-state index contributed by atoms with van der Waals surface area (Å²) in [6.45, 7) is 4.14. The number of halogens is 2. The fourth-order valence-electron chi connectivity index (χ4n) is 3.42. The van der Waals surface area contributed by atoms with E-state index in [0.29, 0.717) is 12.3 Å². The van der Waals surface area contributed by atoms with Crippen LogP contribution in [0.3, 0.4) is 0 Å². The number of carbonyl (C=O) groups excluding carboxylic acids is 1. The van der Waals surface area contributed by atoms with Gasteiger partial charge in [-0.1, -0.05) is 24.2 Å². The topological polar surface area (TPSA) is 71.1 Å². The maximum atomic E-state index is 13.8. The number of H-pyrrole nitrogens is 1. The molecular weight excluding hydrogens is 431 g/mol. The highest BCUT2D eigenvalue weighted by molar-refractivity contribution is 6.31. The fraction of sp³-hybridized carbons (Fsp3) is 0.125. The minimum Gasteiger partial charge on any atom is -0.489 e. The predicted octanol–water partition coefficient (Wildman–Crippen LogP) is 5.11. The van der Waals surface area contributed by atoms with Gasteiger partial charge in [-0.05, 0) is 42.0 Å². The van der Waals surface area contributed by atoms with Crippen LogP contribution < -0.4 is 4.74 Å². The fourth-order valence-corrected chi connectivity index (χ4v) is 3.60. The zero-order chi connectivity index (χ0) is 22.7. The van der Waals surface area contributed by atoms with Crippen LogP contribution in [0.15, 0.2) is 67.6 Å². The van der Waals surface area contributed by atoms with Crippen molar-refractivity contribution in [1.82, 2.24) is 19.9 Å². The summed E-state index contributed by atoms with van der Waals surface area (Å²) in [5.41, 5.74) is 4.54. The highest BCUT2D eigenvalue weighted by Gasteiger charge is 2.20. The third-order valence-corrected chi connectivity index (χ3v) is 5.34. The maximum absolute atomic E-state index is 13.8. The van der Waals surface area contributed by atoms with Gasteiger partial charge in [-0.25, -0.2) is 4.39 Å². The Hall–Kier alpha value is -3.71. The molecule has 0 aliphatic heterocycles. The number of benzene rings is 1. The molecule has 0 atom stereocenters. The molecule has 0 unspecified atom stereocenters. The average molecular weight is 451 g/mol. The first-order chi connectivity index (χ1) is 15.5. The number of nitrogens with zero attached hydrogens (tertiary/aromatic N) is 3. The molecule has 1 N–H and O–H groups in total. The van der Waals surface area contributed by atoms with Crippen molar-refractivity contribution in [2.45, 2.75) is 0 Å². The Balaban J connectivity index is 1.77. The molecule has 0 saturated heterocycles. The molecule has 0 aliphatic rings. The third kappa shape index (κ3) is 4.20. The minimum absolute atomic E-state index is 0.0276. The number of carbonyl (C=O) groups is 1. The number of pyridine rings is 2. The van der Waals surface area contributed by atoms with Crippen molar-refractivity contribution in [3.05, 3.63) is 78.5 Å². The Labute approximate surface area is 189 Å². The first-order valence-corrected chi connectivity index (χ1v) is 10.2. The SMILES string of the molecule is C=CC(=O)N(C)CCOc1cnccc1-c1[nH]c2cccnc2c1-c1ccc(F)c(Cl)c1. The standard InChI is InChI=1S/C24H20ClFN4O2/c1-3-21(31)30(2)11-12-32-20-14-27-10-8-16(20)23-22(15-6-7-18(26)17(25)13-15)24-19(29-23)5-4-9-28-24/h3-10,13-14,29H,1,11-12H2,2H3. The zero-order valence-corrected chi connectivity index (χ0v) is 18.1. The molecule has 3 aromatic heterocycles. The van der Waals surface area contributed by atoms with Crippen LogP contribution in [0.25, 0.3) is 33.4 Å². The lowest BCUT2D eigenvalue weighted by Gasteiger charge is -2.17. The second kappa shape index (κ2) is 9.20. The lowest BCUT2D eigenvalue weighted by Crippen LogP contribution is -2.29. The molecule has 1 aromatic carbocycles. The number of aromatic amines is 1. The first kappa shape index (κ1) is 21.5. The molecule has 6 nitrogen and oxygen atoms in total. The normalized spacial score (nSPS) is 10.8. The first-order valence-electron chi connectivity index (χ1n) is 9.86. The van der Waals surface area contributed by atoms with Gasteiger partial charge < -0.3 is 14.6 Å². The van der Waals surface area contributed by atoms with E-state index in [2.05, 4.69) is 21.5 Å². The van der Waals surface area contributed by atoms with Crippen LogP contribution in [0.1, 0.15) is 0 Å². The molecule has 162 valence electrons. The van der Waals surface area contributed by atoms with Gasteiger partial charge in [0, 0.05) is 30.6 Å². The average Bonchev–Trinajstić information content (AvgIpc) is 3.20. The second-order valence-electron chi connectivity index (χ2n) is 7.09. The number of hydrogen-bond acceptors (Lipinski definition) is 4. The van der Waals surface area contributed by atoms with Gasteiger partial charge in [0.25, 0.3) is 0 Å². The second-order valence-corrected chi connectivity index (χ2v) is 7.49. The monoisotopic (exact) mass is 450 g/mol. The molecule has 0 radical (unpaired) electrons. The lowest BCUT2D eigenvalue weighted by atomic mass is 10.0. The molecule has 0 spiro atoms. The summed E-state index contributed by atoms with van der Waals surface area (Å²) in [6.07, 6.45) is 6.24. The van der Waals surface area contributed by atoms with E-state index in [4.69, 9.17) is 16.3 Å². The Bertz CT molecular complexity index is 1300. The summed E-state index contributed by atoms with van der Waals surface area (Å²) < 4.78 is 19.8. The summed E-state index contributed by atoms with van der Waals surface area (Å²) in [6, 6.07) is 10.2. The van der Waals surface area contributed by atoms with Crippen LogP contribution in [-0.2, 0) is 4.79 Å². The summed E-state index contributed by atoms with van der Waals surface area (Å²) in [7, 11) is 1.68. The van der Waals surface area contributed by atoms with Crippen molar-refractivity contribution in [1.29, 1.82) is 0 Å². The van der Waals surface area contributed by atoms with E-state index in [1.165, 1.54) is 17.0 Å². The van der Waals surface area contributed by atoms with E-state index >= 15 is 0 Å². The molecule has 8 heteroatoms. The molecule has 4 aromatic rings. The van der Waals surface area contributed by atoms with Gasteiger partial charge in [-0.3, -0.25) is 14.8 Å². The highest BCUT2D eigenvalue weighted by Crippen LogP contribution is 2.41. The molecular formula is C24H20ClFN4O2. The van der Waals surface area contributed by atoms with Crippen LogP contribution in [0.2, 0.25) is 5.02 Å². The Morgan fingerprint density at radius 3 is 2.94 bits per heavy atom. The van der Waals surface area contributed by atoms with Gasteiger partial charge in [-0.15, -0.1) is 0 Å². The van der Waals surface area contributed by atoms with Crippen LogP contribution in [0, 0.1) is 5.82 Å². The van der Waals surface area contributed by atoms with Crippen LogP contribution in [0.5, 0.6) is 5.75 Å². The predicted molar refractivity (Wildman–Crippen MR) is 123 cm³/mol. The number of amides is 1. The van der Waals surface area contributed by atoms with E-state index in [0.717, 1.165) is 33.4 Å². The number of ether oxygens (including phenoxy) is 1. The van der Waals surface area contributed by atoms with Gasteiger partial charge in [0.1, 0.15) is 18.2 Å². The lowest BCUT2D eigenvalue weighted by molar-refractivity contribution is -0.125. The van der Waals surface area contributed by atoms with Crippen molar-refractivity contribution in [3.63, 3.8) is 0 Å². The Morgan fingerprint density at radius 1 is 1.31 bits per heavy atom. The van der Waals surface area contributed by atoms with Gasteiger partial charge in [-0.2, -0.15) is 0 Å². The van der Waals surface area contributed by atoms with Crippen molar-refractivity contribution in [2.24, 2.45) is 0 Å². The van der Waals surface area contributed by atoms with Crippen molar-refractivity contribution < 1.29 is 13.9 Å². The van der Waals surface area contributed by atoms with E-state index in [1.54, 1.807) is 37.8 Å². The summed E-state index contributed by atoms with van der Waals surface area (Å²) in [4.78, 5) is 25.3. The number of nitrogens with one attached hydrogen (secondary N) is 1. The van der Waals surface area contributed by atoms with Crippen molar-refractivity contribution in [3.8, 4) is 28.1 Å². The summed E-state index contributed by atoms with van der Waals surface area (Å²) >= 11 is 6.07. The van der Waals surface area contributed by atoms with Crippen molar-refractivity contribution >= 4 is 28.5 Å². The van der Waals surface area contributed by atoms with E-state index in [9.17, 15) is 9.18 Å². The molecule has 3 heterocycles. The molecule has 4 rings (SSSR count). The number of fused-ring (bicyclic) bond motifs is 1. The van der Waals surface area contributed by atoms with Crippen LogP contribution >= 0.6 is 11.6 Å². The van der Waals surface area contributed by atoms with Crippen molar-refractivity contribution in [2.75, 3.05) is 20.2 Å². The Morgan fingerprint density at radius 2 is 2.16 bits per heavy atom. The van der Waals surface area contributed by atoms with Crippen LogP contribution in [-0.4, -0.2) is 46.0 Å². The van der Waals surface area contributed by atoms with Crippen LogP contribution in [0.4, 0.5) is 4.39 Å². The highest BCUT2D eigenvalue weighted by atomic mass is 35.5. The third-order valence-electron chi connectivity index (χ3n) is 5.05. The van der Waals surface area contributed by atoms with Gasteiger partial charge in [0.05, 0.1) is 34.5 Å². The molecule has 0 fully saturated rings. The van der Waals surface area contributed by atoms with Gasteiger partial charge in [0.15, 0.2) is 0 Å². The zero-order valence-electron chi connectivity index (χ0n) is 17.3. The van der Waals surface area contributed by atoms with E-state index in [-0.39, 0.29) is 17.5 Å².